The summed E-state index contributed by atoms with van der Waals surface area (Å²) in [5.74, 6) is 0.182. The third kappa shape index (κ3) is 1.77. The lowest BCUT2D eigenvalue weighted by atomic mass is 9.76. The topological polar surface area (TPSA) is 38.1 Å². The average molecular weight is 302 g/mol. The van der Waals surface area contributed by atoms with Crippen molar-refractivity contribution in [1.29, 1.82) is 0 Å². The summed E-state index contributed by atoms with van der Waals surface area (Å²) in [7, 11) is 0. The Balaban J connectivity index is 1.64. The lowest BCUT2D eigenvalue weighted by Gasteiger charge is -2.35. The van der Waals surface area contributed by atoms with Gasteiger partial charge in [-0.15, -0.1) is 0 Å². The molecule has 3 atom stereocenters. The van der Waals surface area contributed by atoms with Crippen LogP contribution in [0.1, 0.15) is 35.3 Å². The van der Waals surface area contributed by atoms with E-state index >= 15 is 0 Å². The molecule has 1 aliphatic carbocycles. The van der Waals surface area contributed by atoms with E-state index < -0.39 is 6.10 Å². The predicted octanol–water partition coefficient (Wildman–Crippen LogP) is 3.75. The monoisotopic (exact) mass is 302 g/mol. The standard InChI is InChI=1S/C20H18N2O/c23-20-14-6-2-1-5-13(14)9-10-17(20)19-16-8-4-3-7-15(16)18-11-21-12-22(18)19/h1-8,11-12,17,19-20,23H,9-10H2/t17-,19?,20-/m1/s1. The molecule has 114 valence electrons. The molecule has 1 aliphatic heterocycles. The Hall–Kier alpha value is -2.39. The molecule has 0 saturated carbocycles. The molecule has 0 saturated heterocycles. The normalized spacial score (nSPS) is 24.8. The first-order valence-corrected chi connectivity index (χ1v) is 8.21. The molecule has 0 spiro atoms. The third-order valence-corrected chi connectivity index (χ3v) is 5.45. The molecule has 2 aromatic carbocycles. The van der Waals surface area contributed by atoms with Gasteiger partial charge < -0.3 is 9.67 Å². The summed E-state index contributed by atoms with van der Waals surface area (Å²) in [6.07, 6.45) is 5.44. The summed E-state index contributed by atoms with van der Waals surface area (Å²) in [5, 5.41) is 11.0. The van der Waals surface area contributed by atoms with Crippen molar-refractivity contribution >= 4 is 0 Å². The van der Waals surface area contributed by atoms with Gasteiger partial charge in [0.25, 0.3) is 0 Å². The molecule has 3 nitrogen and oxygen atoms in total. The molecule has 2 aliphatic rings. The maximum Gasteiger partial charge on any atom is 0.0956 e. The number of hydrogen-bond donors (Lipinski definition) is 1. The first-order chi connectivity index (χ1) is 11.3. The number of benzene rings is 2. The summed E-state index contributed by atoms with van der Waals surface area (Å²) in [6.45, 7) is 0. The van der Waals surface area contributed by atoms with Gasteiger partial charge in [0.1, 0.15) is 0 Å². The largest absolute Gasteiger partial charge is 0.388 e. The number of aromatic nitrogens is 2. The minimum atomic E-state index is -0.425. The van der Waals surface area contributed by atoms with Crippen molar-refractivity contribution in [2.24, 2.45) is 5.92 Å². The van der Waals surface area contributed by atoms with Gasteiger partial charge in [-0.3, -0.25) is 0 Å². The molecular weight excluding hydrogens is 284 g/mol. The van der Waals surface area contributed by atoms with Gasteiger partial charge in [-0.25, -0.2) is 4.98 Å². The van der Waals surface area contributed by atoms with E-state index in [4.69, 9.17) is 0 Å². The van der Waals surface area contributed by atoms with Crippen molar-refractivity contribution in [1.82, 2.24) is 9.55 Å². The average Bonchev–Trinajstić information content (AvgIpc) is 3.17. The van der Waals surface area contributed by atoms with Crippen LogP contribution in [0.2, 0.25) is 0 Å². The second kappa shape index (κ2) is 4.80. The maximum atomic E-state index is 11.0. The van der Waals surface area contributed by atoms with Crippen LogP contribution in [-0.4, -0.2) is 14.7 Å². The minimum absolute atomic E-state index is 0.173. The molecule has 1 aromatic heterocycles. The number of aliphatic hydroxyl groups is 1. The van der Waals surface area contributed by atoms with Gasteiger partial charge in [-0.05, 0) is 29.5 Å². The molecular formula is C20H18N2O. The second-order valence-corrected chi connectivity index (χ2v) is 6.56. The summed E-state index contributed by atoms with van der Waals surface area (Å²) >= 11 is 0. The van der Waals surface area contributed by atoms with Gasteiger partial charge in [-0.2, -0.15) is 0 Å². The smallest absolute Gasteiger partial charge is 0.0956 e. The number of fused-ring (bicyclic) bond motifs is 4. The Bertz CT molecular complexity index is 883. The Morgan fingerprint density at radius 3 is 2.70 bits per heavy atom. The van der Waals surface area contributed by atoms with E-state index in [0.717, 1.165) is 24.1 Å². The Kier molecular flexibility index (Phi) is 2.73. The molecule has 0 fully saturated rings. The zero-order valence-electron chi connectivity index (χ0n) is 12.8. The maximum absolute atomic E-state index is 11.0. The van der Waals surface area contributed by atoms with Crippen molar-refractivity contribution in [3.63, 3.8) is 0 Å². The zero-order chi connectivity index (χ0) is 15.4. The SMILES string of the molecule is O[C@@H]1c2ccccc2CC[C@@H]1C1c2ccccc2-c2cncn21. The summed E-state index contributed by atoms with van der Waals surface area (Å²) < 4.78 is 2.24. The predicted molar refractivity (Wildman–Crippen MR) is 89.0 cm³/mol. The van der Waals surface area contributed by atoms with E-state index in [1.165, 1.54) is 16.7 Å². The van der Waals surface area contributed by atoms with Crippen LogP contribution in [0, 0.1) is 5.92 Å². The molecule has 5 rings (SSSR count). The number of nitrogens with zero attached hydrogens (tertiary/aromatic N) is 2. The van der Waals surface area contributed by atoms with Gasteiger partial charge in [0.15, 0.2) is 0 Å². The highest BCUT2D eigenvalue weighted by molar-refractivity contribution is 5.69. The molecule has 1 N–H and O–H groups in total. The first kappa shape index (κ1) is 13.1. The van der Waals surface area contributed by atoms with Gasteiger partial charge in [0, 0.05) is 11.5 Å². The number of hydrogen-bond acceptors (Lipinski definition) is 2. The van der Waals surface area contributed by atoms with Crippen LogP contribution in [0.5, 0.6) is 0 Å². The van der Waals surface area contributed by atoms with Gasteiger partial charge >= 0.3 is 0 Å². The molecule has 23 heavy (non-hydrogen) atoms. The highest BCUT2D eigenvalue weighted by atomic mass is 16.3. The number of imidazole rings is 1. The number of aliphatic hydroxyl groups excluding tert-OH is 1. The van der Waals surface area contributed by atoms with Crippen LogP contribution >= 0.6 is 0 Å². The van der Waals surface area contributed by atoms with E-state index in [0.29, 0.717) is 0 Å². The molecule has 2 heterocycles. The zero-order valence-corrected chi connectivity index (χ0v) is 12.8. The second-order valence-electron chi connectivity index (χ2n) is 6.56. The molecule has 0 radical (unpaired) electrons. The molecule has 1 unspecified atom stereocenters. The Morgan fingerprint density at radius 1 is 1.00 bits per heavy atom. The van der Waals surface area contributed by atoms with E-state index in [1.807, 2.05) is 18.6 Å². The van der Waals surface area contributed by atoms with E-state index in [9.17, 15) is 5.11 Å². The van der Waals surface area contributed by atoms with Gasteiger partial charge in [0.05, 0.1) is 30.4 Å². The van der Waals surface area contributed by atoms with E-state index in [2.05, 4.69) is 52.0 Å². The first-order valence-electron chi connectivity index (χ1n) is 8.21. The highest BCUT2D eigenvalue weighted by Crippen LogP contribution is 2.49. The minimum Gasteiger partial charge on any atom is -0.388 e. The van der Waals surface area contributed by atoms with Crippen molar-refractivity contribution in [3.8, 4) is 11.3 Å². The van der Waals surface area contributed by atoms with Crippen LogP contribution in [0.4, 0.5) is 0 Å². The van der Waals surface area contributed by atoms with Crippen LogP contribution in [0.25, 0.3) is 11.3 Å². The lowest BCUT2D eigenvalue weighted by molar-refractivity contribution is 0.0720. The van der Waals surface area contributed by atoms with Crippen molar-refractivity contribution in [2.45, 2.75) is 25.0 Å². The Labute approximate surface area is 135 Å². The molecule has 3 aromatic rings. The van der Waals surface area contributed by atoms with Gasteiger partial charge in [0.2, 0.25) is 0 Å². The van der Waals surface area contributed by atoms with Crippen LogP contribution in [-0.2, 0) is 6.42 Å². The van der Waals surface area contributed by atoms with Crippen molar-refractivity contribution < 1.29 is 5.11 Å². The highest BCUT2D eigenvalue weighted by Gasteiger charge is 2.40. The van der Waals surface area contributed by atoms with E-state index in [-0.39, 0.29) is 12.0 Å². The van der Waals surface area contributed by atoms with Crippen LogP contribution in [0.15, 0.2) is 61.1 Å². The summed E-state index contributed by atoms with van der Waals surface area (Å²) in [6, 6.07) is 17.0. The summed E-state index contributed by atoms with van der Waals surface area (Å²) in [4.78, 5) is 4.34. The molecule has 0 bridgehead atoms. The summed E-state index contributed by atoms with van der Waals surface area (Å²) in [5.41, 5.74) is 6.11. The van der Waals surface area contributed by atoms with Crippen LogP contribution in [0.3, 0.4) is 0 Å². The fourth-order valence-corrected chi connectivity index (χ4v) is 4.40. The molecule has 3 heteroatoms. The number of rotatable bonds is 1. The fourth-order valence-electron chi connectivity index (χ4n) is 4.40. The fraction of sp³-hybridized carbons (Fsp3) is 0.250. The van der Waals surface area contributed by atoms with E-state index in [1.54, 1.807) is 0 Å². The molecule has 0 amide bonds. The third-order valence-electron chi connectivity index (χ3n) is 5.45. The van der Waals surface area contributed by atoms with Gasteiger partial charge in [-0.1, -0.05) is 48.5 Å². The Morgan fingerprint density at radius 2 is 1.78 bits per heavy atom. The van der Waals surface area contributed by atoms with Crippen molar-refractivity contribution in [2.75, 3.05) is 0 Å². The number of aryl methyl sites for hydroxylation is 1. The lowest BCUT2D eigenvalue weighted by Crippen LogP contribution is -2.28. The van der Waals surface area contributed by atoms with Crippen molar-refractivity contribution in [3.05, 3.63) is 77.7 Å². The van der Waals surface area contributed by atoms with Crippen LogP contribution < -0.4 is 0 Å². The quantitative estimate of drug-likeness (QED) is 0.743.